The van der Waals surface area contributed by atoms with Gasteiger partial charge in [-0.05, 0) is 10.7 Å². The molecule has 2 heterocycles. The molecule has 1 saturated heterocycles. The zero-order valence-electron chi connectivity index (χ0n) is 13.6. The van der Waals surface area contributed by atoms with Crippen molar-refractivity contribution in [3.8, 4) is 0 Å². The minimum Gasteiger partial charge on any atom is -0.384 e. The molecule has 0 radical (unpaired) electrons. The number of hydrogen-bond donors (Lipinski definition) is 3. The van der Waals surface area contributed by atoms with Gasteiger partial charge in [-0.2, -0.15) is 0 Å². The molecule has 0 spiro atoms. The number of nitrogen functional groups attached to an aromatic ring is 1. The molecule has 2 amide bonds. The first-order chi connectivity index (χ1) is 12.1. The van der Waals surface area contributed by atoms with E-state index in [9.17, 15) is 9.59 Å². The number of allylic oxidation sites excluding steroid dienone is 1. The number of nitrogens with two attached hydrogens (primary N) is 1. The first-order valence-electron chi connectivity index (χ1n) is 7.85. The van der Waals surface area contributed by atoms with E-state index in [2.05, 4.69) is 10.4 Å². The number of carbonyl (C=O) groups is 2. The smallest absolute Gasteiger partial charge is 0.243 e. The number of amidine groups is 1. The summed E-state index contributed by atoms with van der Waals surface area (Å²) in [5, 5.41) is 14.4. The molecule has 1 atom stereocenters. The maximum Gasteiger partial charge on any atom is 0.243 e. The van der Waals surface area contributed by atoms with Gasteiger partial charge >= 0.3 is 0 Å². The SMILES string of the molecule is N=C(N)c1ccc(CNC(=O)[C@@H]2C/C(=[N+]3/C=CC=N3)CN2C=O)cc1. The van der Waals surface area contributed by atoms with Crippen LogP contribution < -0.4 is 11.1 Å². The van der Waals surface area contributed by atoms with Crippen LogP contribution in [0.1, 0.15) is 17.5 Å². The van der Waals surface area contributed by atoms with Crippen LogP contribution in [0.25, 0.3) is 0 Å². The van der Waals surface area contributed by atoms with Gasteiger partial charge in [-0.25, -0.2) is 0 Å². The van der Waals surface area contributed by atoms with Gasteiger partial charge in [0.2, 0.25) is 24.2 Å². The molecular weight excluding hydrogens is 320 g/mol. The van der Waals surface area contributed by atoms with Crippen molar-refractivity contribution in [3.63, 3.8) is 0 Å². The summed E-state index contributed by atoms with van der Waals surface area (Å²) in [5.41, 5.74) is 7.85. The van der Waals surface area contributed by atoms with Gasteiger partial charge in [0.15, 0.2) is 0 Å². The topological polar surface area (TPSA) is 115 Å². The fourth-order valence-electron chi connectivity index (χ4n) is 2.81. The number of benzene rings is 1. The van der Waals surface area contributed by atoms with Gasteiger partial charge in [-0.15, -0.1) is 0 Å². The fourth-order valence-corrected chi connectivity index (χ4v) is 2.81. The number of hydrogen-bond acceptors (Lipinski definition) is 4. The molecule has 4 N–H and O–H groups in total. The summed E-state index contributed by atoms with van der Waals surface area (Å²) in [5.74, 6) is -0.199. The Kier molecular flexibility index (Phi) is 4.69. The molecule has 0 unspecified atom stereocenters. The molecule has 2 aliphatic heterocycles. The number of rotatable bonds is 5. The van der Waals surface area contributed by atoms with Crippen LogP contribution >= 0.6 is 0 Å². The summed E-state index contributed by atoms with van der Waals surface area (Å²) in [6.07, 6.45) is 6.42. The average Bonchev–Trinajstić information content (AvgIpc) is 3.29. The van der Waals surface area contributed by atoms with Crippen LogP contribution in [0.3, 0.4) is 0 Å². The van der Waals surface area contributed by atoms with Crippen LogP contribution in [0, 0.1) is 5.41 Å². The van der Waals surface area contributed by atoms with Gasteiger partial charge in [0.05, 0.1) is 6.42 Å². The number of likely N-dealkylation sites (tertiary alicyclic amines) is 1. The Balaban J connectivity index is 1.63. The number of amides is 2. The van der Waals surface area contributed by atoms with Crippen molar-refractivity contribution >= 4 is 30.1 Å². The number of nitrogens with one attached hydrogen (secondary N) is 2. The summed E-state index contributed by atoms with van der Waals surface area (Å²) < 4.78 is 1.70. The predicted octanol–water partition coefficient (Wildman–Crippen LogP) is -0.216. The quantitative estimate of drug-likeness (QED) is 0.298. The second-order valence-electron chi connectivity index (χ2n) is 5.84. The predicted molar refractivity (Wildman–Crippen MR) is 93.4 cm³/mol. The van der Waals surface area contributed by atoms with Gasteiger partial charge in [0, 0.05) is 18.2 Å². The Morgan fingerprint density at radius 1 is 1.44 bits per heavy atom. The Hall–Kier alpha value is -3.29. The Morgan fingerprint density at radius 3 is 2.80 bits per heavy atom. The Morgan fingerprint density at radius 2 is 2.20 bits per heavy atom. The van der Waals surface area contributed by atoms with E-state index in [4.69, 9.17) is 11.1 Å². The molecule has 0 aliphatic carbocycles. The van der Waals surface area contributed by atoms with Crippen molar-refractivity contribution in [1.29, 1.82) is 5.41 Å². The number of nitrogens with zero attached hydrogens (tertiary/aromatic N) is 3. The third-order valence-electron chi connectivity index (χ3n) is 4.19. The standard InChI is InChI=1S/C17H18N6O2/c18-16(19)13-4-2-12(3-5-13)9-20-17(25)15-8-14(10-22(15)11-24)23-7-1-6-21-23/h1-7,11,15H,8-10H2,(H3-,18,19,20,25)/p+1/b23-14+/t15-/m0/s1. The van der Waals surface area contributed by atoms with Crippen molar-refractivity contribution in [2.75, 3.05) is 6.54 Å². The van der Waals surface area contributed by atoms with Crippen molar-refractivity contribution in [3.05, 3.63) is 47.7 Å². The summed E-state index contributed by atoms with van der Waals surface area (Å²) in [7, 11) is 0. The lowest BCUT2D eigenvalue weighted by Crippen LogP contribution is -2.42. The molecule has 8 heteroatoms. The third-order valence-corrected chi connectivity index (χ3v) is 4.19. The second kappa shape index (κ2) is 7.08. The van der Waals surface area contributed by atoms with Crippen LogP contribution in [0.15, 0.2) is 41.6 Å². The minimum absolute atomic E-state index is 0.00449. The van der Waals surface area contributed by atoms with Crippen LogP contribution in [0.5, 0.6) is 0 Å². The largest absolute Gasteiger partial charge is 0.384 e. The highest BCUT2D eigenvalue weighted by atomic mass is 16.2. The van der Waals surface area contributed by atoms with E-state index in [-0.39, 0.29) is 11.7 Å². The fraction of sp³-hybridized carbons (Fsp3) is 0.235. The molecule has 0 bridgehead atoms. The third kappa shape index (κ3) is 3.63. The lowest BCUT2D eigenvalue weighted by atomic mass is 10.1. The molecule has 8 nitrogen and oxygen atoms in total. The van der Waals surface area contributed by atoms with Crippen LogP contribution in [-0.4, -0.2) is 52.3 Å². The molecule has 3 rings (SSSR count). The molecule has 1 aromatic rings. The molecule has 1 fully saturated rings. The first-order valence-corrected chi connectivity index (χ1v) is 7.85. The molecule has 0 saturated carbocycles. The lowest BCUT2D eigenvalue weighted by Gasteiger charge is -2.17. The summed E-state index contributed by atoms with van der Waals surface area (Å²) in [4.78, 5) is 25.2. The number of carbonyl (C=O) groups excluding carboxylic acids is 2. The molecule has 25 heavy (non-hydrogen) atoms. The molecule has 2 aliphatic rings. The summed E-state index contributed by atoms with van der Waals surface area (Å²) in [6, 6.07) is 6.56. The van der Waals surface area contributed by atoms with Gasteiger partial charge in [0.1, 0.15) is 24.6 Å². The summed E-state index contributed by atoms with van der Waals surface area (Å²) in [6.45, 7) is 0.730. The monoisotopic (exact) mass is 339 g/mol. The van der Waals surface area contributed by atoms with Gasteiger partial charge in [-0.1, -0.05) is 28.9 Å². The van der Waals surface area contributed by atoms with Crippen LogP contribution in [0.4, 0.5) is 0 Å². The maximum absolute atomic E-state index is 12.5. The van der Waals surface area contributed by atoms with Gasteiger partial charge in [0.25, 0.3) is 0 Å². The van der Waals surface area contributed by atoms with Gasteiger partial charge < -0.3 is 16.0 Å². The van der Waals surface area contributed by atoms with Crippen molar-refractivity contribution in [1.82, 2.24) is 10.2 Å². The van der Waals surface area contributed by atoms with Crippen LogP contribution in [-0.2, 0) is 16.1 Å². The lowest BCUT2D eigenvalue weighted by molar-refractivity contribution is -0.459. The van der Waals surface area contributed by atoms with E-state index in [0.29, 0.717) is 31.5 Å². The first kappa shape index (κ1) is 16.6. The molecule has 128 valence electrons. The second-order valence-corrected chi connectivity index (χ2v) is 5.84. The molecule has 0 aromatic heterocycles. The van der Waals surface area contributed by atoms with E-state index in [0.717, 1.165) is 11.3 Å². The van der Waals surface area contributed by atoms with E-state index in [1.807, 2.05) is 12.1 Å². The van der Waals surface area contributed by atoms with E-state index in [1.165, 1.54) is 4.90 Å². The van der Waals surface area contributed by atoms with Crippen molar-refractivity contribution in [2.45, 2.75) is 19.0 Å². The van der Waals surface area contributed by atoms with E-state index < -0.39 is 6.04 Å². The average molecular weight is 339 g/mol. The van der Waals surface area contributed by atoms with E-state index >= 15 is 0 Å². The van der Waals surface area contributed by atoms with Gasteiger partial charge in [-0.3, -0.25) is 15.0 Å². The highest BCUT2D eigenvalue weighted by Crippen LogP contribution is 2.15. The highest BCUT2D eigenvalue weighted by Gasteiger charge is 2.38. The Bertz CT molecular complexity index is 780. The van der Waals surface area contributed by atoms with Crippen LogP contribution in [0.2, 0.25) is 0 Å². The summed E-state index contributed by atoms with van der Waals surface area (Å²) >= 11 is 0. The zero-order valence-corrected chi connectivity index (χ0v) is 13.6. The van der Waals surface area contributed by atoms with E-state index in [1.54, 1.807) is 35.3 Å². The zero-order chi connectivity index (χ0) is 17.8. The maximum atomic E-state index is 12.5. The van der Waals surface area contributed by atoms with Crippen molar-refractivity contribution < 1.29 is 14.3 Å². The highest BCUT2D eigenvalue weighted by molar-refractivity contribution is 5.97. The number of hydrazone groups is 1. The normalized spacial score (nSPS) is 21.6. The molecule has 1 aromatic carbocycles. The Labute approximate surface area is 144 Å². The molecular formula is C17H19N6O2+. The van der Waals surface area contributed by atoms with Crippen molar-refractivity contribution in [2.24, 2.45) is 10.8 Å². The minimum atomic E-state index is -0.534.